The highest BCUT2D eigenvalue weighted by molar-refractivity contribution is 6.29. The Kier molecular flexibility index (Phi) is 6.84. The molecule has 1 aromatic heterocycles. The Morgan fingerprint density at radius 2 is 2.11 bits per heavy atom. The summed E-state index contributed by atoms with van der Waals surface area (Å²) in [5.74, 6) is 0.616. The second kappa shape index (κ2) is 7.88. The SMILES string of the molecule is CN(C)CC1CCCCC=C1c1ccc(Cl)nc1.Cl. The van der Waals surface area contributed by atoms with Crippen molar-refractivity contribution in [3.63, 3.8) is 0 Å². The van der Waals surface area contributed by atoms with Gasteiger partial charge in [0.1, 0.15) is 5.15 Å². The maximum Gasteiger partial charge on any atom is 0.129 e. The van der Waals surface area contributed by atoms with Crippen molar-refractivity contribution < 1.29 is 0 Å². The van der Waals surface area contributed by atoms with Gasteiger partial charge >= 0.3 is 0 Å². The fourth-order valence-electron chi connectivity index (χ4n) is 2.65. The van der Waals surface area contributed by atoms with E-state index >= 15 is 0 Å². The van der Waals surface area contributed by atoms with Gasteiger partial charge in [0.2, 0.25) is 0 Å². The monoisotopic (exact) mass is 300 g/mol. The average Bonchev–Trinajstić information content (AvgIpc) is 2.55. The van der Waals surface area contributed by atoms with Crippen LogP contribution in [0, 0.1) is 5.92 Å². The van der Waals surface area contributed by atoms with Gasteiger partial charge in [0.15, 0.2) is 0 Å². The first-order valence-electron chi connectivity index (χ1n) is 6.63. The summed E-state index contributed by atoms with van der Waals surface area (Å²) < 4.78 is 0. The number of pyridine rings is 1. The third-order valence-electron chi connectivity index (χ3n) is 3.46. The summed E-state index contributed by atoms with van der Waals surface area (Å²) >= 11 is 5.86. The molecule has 4 heteroatoms. The molecule has 2 nitrogen and oxygen atoms in total. The zero-order valence-electron chi connectivity index (χ0n) is 11.6. The highest BCUT2D eigenvalue weighted by Crippen LogP contribution is 2.32. The molecule has 1 atom stereocenters. The van der Waals surface area contributed by atoms with Crippen molar-refractivity contribution in [2.75, 3.05) is 20.6 Å². The van der Waals surface area contributed by atoms with E-state index in [1.165, 1.54) is 36.8 Å². The van der Waals surface area contributed by atoms with Crippen LogP contribution in [-0.2, 0) is 0 Å². The fourth-order valence-corrected chi connectivity index (χ4v) is 2.76. The van der Waals surface area contributed by atoms with E-state index in [4.69, 9.17) is 11.6 Å². The van der Waals surface area contributed by atoms with Gasteiger partial charge < -0.3 is 4.90 Å². The third kappa shape index (κ3) is 4.79. The Morgan fingerprint density at radius 1 is 1.32 bits per heavy atom. The zero-order chi connectivity index (χ0) is 13.0. The van der Waals surface area contributed by atoms with E-state index in [2.05, 4.69) is 36.1 Å². The number of aromatic nitrogens is 1. The summed E-state index contributed by atoms with van der Waals surface area (Å²) in [6.45, 7) is 1.11. The molecule has 0 aromatic carbocycles. The molecule has 0 saturated heterocycles. The Balaban J connectivity index is 0.00000180. The van der Waals surface area contributed by atoms with Gasteiger partial charge in [-0.05, 0) is 56.5 Å². The molecular weight excluding hydrogens is 279 g/mol. The van der Waals surface area contributed by atoms with Crippen LogP contribution in [-0.4, -0.2) is 30.5 Å². The molecule has 1 aliphatic carbocycles. The summed E-state index contributed by atoms with van der Waals surface area (Å²) in [6, 6.07) is 3.98. The minimum Gasteiger partial charge on any atom is -0.309 e. The fraction of sp³-hybridized carbons (Fsp3) is 0.533. The molecule has 0 saturated carbocycles. The summed E-state index contributed by atoms with van der Waals surface area (Å²) in [5.41, 5.74) is 2.68. The predicted molar refractivity (Wildman–Crippen MR) is 85.0 cm³/mol. The minimum atomic E-state index is 0. The maximum atomic E-state index is 5.86. The highest BCUT2D eigenvalue weighted by atomic mass is 35.5. The van der Waals surface area contributed by atoms with Crippen LogP contribution >= 0.6 is 24.0 Å². The maximum absolute atomic E-state index is 5.86. The average molecular weight is 301 g/mol. The molecule has 2 rings (SSSR count). The van der Waals surface area contributed by atoms with Crippen molar-refractivity contribution in [1.29, 1.82) is 0 Å². The molecule has 1 heterocycles. The van der Waals surface area contributed by atoms with Crippen LogP contribution in [0.25, 0.3) is 5.57 Å². The van der Waals surface area contributed by atoms with E-state index < -0.39 is 0 Å². The summed E-state index contributed by atoms with van der Waals surface area (Å²) in [7, 11) is 4.28. The van der Waals surface area contributed by atoms with Crippen molar-refractivity contribution in [3.05, 3.63) is 35.1 Å². The van der Waals surface area contributed by atoms with Crippen LogP contribution in [0.5, 0.6) is 0 Å². The first-order valence-corrected chi connectivity index (χ1v) is 7.01. The predicted octanol–water partition coefficient (Wildman–Crippen LogP) is 4.29. The van der Waals surface area contributed by atoms with E-state index in [0.29, 0.717) is 11.1 Å². The molecule has 0 aliphatic heterocycles. The second-order valence-electron chi connectivity index (χ2n) is 5.27. The van der Waals surface area contributed by atoms with Crippen molar-refractivity contribution in [2.24, 2.45) is 5.92 Å². The standard InChI is InChI=1S/C15H21ClN2.ClH/c1-18(2)11-13-6-4-3-5-7-14(13)12-8-9-15(16)17-10-12;/h7-10,13H,3-6,11H2,1-2H3;1H. The highest BCUT2D eigenvalue weighted by Gasteiger charge is 2.19. The van der Waals surface area contributed by atoms with Crippen LogP contribution in [0.4, 0.5) is 0 Å². The van der Waals surface area contributed by atoms with Crippen LogP contribution in [0.15, 0.2) is 24.4 Å². The lowest BCUT2D eigenvalue weighted by atomic mass is 9.90. The molecule has 0 N–H and O–H groups in total. The molecule has 1 aromatic rings. The van der Waals surface area contributed by atoms with E-state index in [1.807, 2.05) is 12.3 Å². The molecule has 0 spiro atoms. The van der Waals surface area contributed by atoms with Gasteiger partial charge in [-0.3, -0.25) is 0 Å². The second-order valence-corrected chi connectivity index (χ2v) is 5.66. The lowest BCUT2D eigenvalue weighted by Gasteiger charge is -2.23. The summed E-state index contributed by atoms with van der Waals surface area (Å²) in [6.07, 6.45) is 9.37. The first kappa shape index (κ1) is 16.5. The summed E-state index contributed by atoms with van der Waals surface area (Å²) in [5, 5.41) is 0.567. The number of hydrogen-bond acceptors (Lipinski definition) is 2. The third-order valence-corrected chi connectivity index (χ3v) is 3.68. The van der Waals surface area contributed by atoms with Gasteiger partial charge in [-0.15, -0.1) is 12.4 Å². The number of allylic oxidation sites excluding steroid dienone is 1. The van der Waals surface area contributed by atoms with Crippen molar-refractivity contribution in [1.82, 2.24) is 9.88 Å². The summed E-state index contributed by atoms with van der Waals surface area (Å²) in [4.78, 5) is 6.48. The van der Waals surface area contributed by atoms with Crippen LogP contribution in [0.2, 0.25) is 5.15 Å². The Labute approximate surface area is 127 Å². The Morgan fingerprint density at radius 3 is 2.74 bits per heavy atom. The zero-order valence-corrected chi connectivity index (χ0v) is 13.2. The van der Waals surface area contributed by atoms with Crippen LogP contribution < -0.4 is 0 Å². The molecule has 0 radical (unpaired) electrons. The quantitative estimate of drug-likeness (QED) is 0.774. The van der Waals surface area contributed by atoms with Gasteiger partial charge in [0, 0.05) is 12.7 Å². The van der Waals surface area contributed by atoms with Crippen LogP contribution in [0.1, 0.15) is 31.2 Å². The molecule has 1 unspecified atom stereocenters. The minimum absolute atomic E-state index is 0. The van der Waals surface area contributed by atoms with Crippen molar-refractivity contribution in [2.45, 2.75) is 25.7 Å². The number of rotatable bonds is 3. The van der Waals surface area contributed by atoms with Gasteiger partial charge in [-0.1, -0.05) is 30.2 Å². The smallest absolute Gasteiger partial charge is 0.129 e. The van der Waals surface area contributed by atoms with E-state index in [9.17, 15) is 0 Å². The van der Waals surface area contributed by atoms with Crippen LogP contribution in [0.3, 0.4) is 0 Å². The van der Waals surface area contributed by atoms with E-state index in [1.54, 1.807) is 0 Å². The first-order chi connectivity index (χ1) is 8.66. The molecule has 0 bridgehead atoms. The van der Waals surface area contributed by atoms with Gasteiger partial charge in [-0.25, -0.2) is 4.98 Å². The molecule has 1 aliphatic rings. The van der Waals surface area contributed by atoms with E-state index in [-0.39, 0.29) is 12.4 Å². The van der Waals surface area contributed by atoms with E-state index in [0.717, 1.165) is 6.54 Å². The lowest BCUT2D eigenvalue weighted by Crippen LogP contribution is -2.22. The molecule has 0 amide bonds. The molecule has 106 valence electrons. The molecule has 0 fully saturated rings. The number of hydrogen-bond donors (Lipinski definition) is 0. The van der Waals surface area contributed by atoms with Gasteiger partial charge in [-0.2, -0.15) is 0 Å². The normalized spacial score (nSPS) is 19.6. The van der Waals surface area contributed by atoms with Gasteiger partial charge in [0.05, 0.1) is 0 Å². The molecule has 19 heavy (non-hydrogen) atoms. The number of halogens is 2. The lowest BCUT2D eigenvalue weighted by molar-refractivity contribution is 0.351. The topological polar surface area (TPSA) is 16.1 Å². The van der Waals surface area contributed by atoms with Gasteiger partial charge in [0.25, 0.3) is 0 Å². The largest absolute Gasteiger partial charge is 0.309 e. The van der Waals surface area contributed by atoms with Crippen molar-refractivity contribution >= 4 is 29.6 Å². The van der Waals surface area contributed by atoms with Crippen molar-refractivity contribution in [3.8, 4) is 0 Å². The Hall–Kier alpha value is -0.570. The number of nitrogens with zero attached hydrogens (tertiary/aromatic N) is 2. The Bertz CT molecular complexity index is 413. The molecular formula is C15H22Cl2N2.